The van der Waals surface area contributed by atoms with Gasteiger partial charge in [-0.15, -0.1) is 0 Å². The second-order valence-corrected chi connectivity index (χ2v) is 6.97. The van der Waals surface area contributed by atoms with Crippen LogP contribution in [0.25, 0.3) is 0 Å². The van der Waals surface area contributed by atoms with Gasteiger partial charge in [0.25, 0.3) is 0 Å². The highest BCUT2D eigenvalue weighted by Gasteiger charge is 2.25. The number of nitrogens with one attached hydrogen (secondary N) is 2. The second kappa shape index (κ2) is 7.51. The van der Waals surface area contributed by atoms with E-state index in [0.717, 1.165) is 31.4 Å². The lowest BCUT2D eigenvalue weighted by Crippen LogP contribution is -2.45. The summed E-state index contributed by atoms with van der Waals surface area (Å²) in [5.74, 6) is 1.08. The molecule has 0 saturated heterocycles. The molecule has 6 nitrogen and oxygen atoms in total. The maximum atomic E-state index is 11.8. The Morgan fingerprint density at radius 1 is 1.39 bits per heavy atom. The minimum atomic E-state index is -0.478. The number of nitriles is 1. The fraction of sp³-hybridized carbons (Fsp3) is 0.647. The van der Waals surface area contributed by atoms with E-state index in [4.69, 9.17) is 14.4 Å². The van der Waals surface area contributed by atoms with Crippen LogP contribution in [-0.2, 0) is 11.3 Å². The summed E-state index contributed by atoms with van der Waals surface area (Å²) < 4.78 is 10.7. The minimum absolute atomic E-state index is 0.127. The Morgan fingerprint density at radius 3 is 2.78 bits per heavy atom. The van der Waals surface area contributed by atoms with Crippen molar-refractivity contribution in [1.82, 2.24) is 10.6 Å². The van der Waals surface area contributed by atoms with Crippen LogP contribution in [0, 0.1) is 11.3 Å². The molecular formula is C17H25N3O3. The predicted molar refractivity (Wildman–Crippen MR) is 85.7 cm³/mol. The Morgan fingerprint density at radius 2 is 2.13 bits per heavy atom. The molecule has 1 saturated carbocycles. The number of alkyl carbamates (subject to hydrolysis) is 1. The van der Waals surface area contributed by atoms with Crippen LogP contribution in [0.4, 0.5) is 4.79 Å². The van der Waals surface area contributed by atoms with Crippen LogP contribution >= 0.6 is 0 Å². The number of carbonyl (C=O) groups excluding carboxylic acids is 1. The third kappa shape index (κ3) is 5.95. The van der Waals surface area contributed by atoms with Gasteiger partial charge >= 0.3 is 6.09 Å². The first-order valence-electron chi connectivity index (χ1n) is 8.07. The van der Waals surface area contributed by atoms with Crippen LogP contribution in [0.15, 0.2) is 16.5 Å². The molecule has 126 valence electrons. The van der Waals surface area contributed by atoms with Crippen LogP contribution in [-0.4, -0.2) is 23.8 Å². The number of hydrogen-bond donors (Lipinski definition) is 2. The van der Waals surface area contributed by atoms with Gasteiger partial charge in [-0.2, -0.15) is 5.26 Å². The number of carbonyl (C=O) groups is 1. The standard InChI is InChI=1S/C17H25N3O3/c1-17(2,3)23-16(21)20-13-6-4-5-12(9-13)19-11-15-8-7-14(10-18)22-15/h7-8,12-13,19H,4-6,9,11H2,1-3H3,(H,20,21)/t12-,13-/m1/s1. The van der Waals surface area contributed by atoms with Crippen LogP contribution in [0.1, 0.15) is 58.0 Å². The van der Waals surface area contributed by atoms with Gasteiger partial charge in [0.05, 0.1) is 6.54 Å². The summed E-state index contributed by atoms with van der Waals surface area (Å²) in [6.45, 7) is 6.16. The van der Waals surface area contributed by atoms with E-state index in [1.54, 1.807) is 6.07 Å². The zero-order valence-corrected chi connectivity index (χ0v) is 14.0. The molecule has 2 atom stereocenters. The largest absolute Gasteiger partial charge is 0.449 e. The number of ether oxygens (including phenoxy) is 1. The van der Waals surface area contributed by atoms with Crippen molar-refractivity contribution in [3.63, 3.8) is 0 Å². The number of furan rings is 1. The molecule has 0 aliphatic heterocycles. The van der Waals surface area contributed by atoms with Gasteiger partial charge < -0.3 is 19.8 Å². The molecule has 0 bridgehead atoms. The van der Waals surface area contributed by atoms with Crippen LogP contribution in [0.2, 0.25) is 0 Å². The number of amides is 1. The Labute approximate surface area is 137 Å². The first-order valence-corrected chi connectivity index (χ1v) is 8.07. The molecule has 0 aromatic carbocycles. The molecule has 6 heteroatoms. The van der Waals surface area contributed by atoms with Crippen molar-refractivity contribution in [1.29, 1.82) is 5.26 Å². The summed E-state index contributed by atoms with van der Waals surface area (Å²) in [6, 6.07) is 5.90. The maximum absolute atomic E-state index is 11.8. The number of hydrogen-bond acceptors (Lipinski definition) is 5. The highest BCUT2D eigenvalue weighted by molar-refractivity contribution is 5.68. The molecule has 1 aromatic rings. The SMILES string of the molecule is CC(C)(C)OC(=O)N[C@@H]1CCC[C@@H](NCc2ccc(C#N)o2)C1. The van der Waals surface area contributed by atoms with Gasteiger partial charge in [0.15, 0.2) is 0 Å². The van der Waals surface area contributed by atoms with Crippen molar-refractivity contribution in [3.05, 3.63) is 23.7 Å². The lowest BCUT2D eigenvalue weighted by molar-refractivity contribution is 0.0488. The molecule has 0 spiro atoms. The molecule has 1 amide bonds. The van der Waals surface area contributed by atoms with Crippen molar-refractivity contribution in [2.45, 2.75) is 70.7 Å². The zero-order valence-electron chi connectivity index (χ0n) is 14.0. The highest BCUT2D eigenvalue weighted by atomic mass is 16.6. The van der Waals surface area contributed by atoms with E-state index in [9.17, 15) is 4.79 Å². The monoisotopic (exact) mass is 319 g/mol. The average Bonchev–Trinajstić information content (AvgIpc) is 2.91. The lowest BCUT2D eigenvalue weighted by Gasteiger charge is -2.31. The first-order chi connectivity index (χ1) is 10.9. The van der Waals surface area contributed by atoms with E-state index in [-0.39, 0.29) is 12.1 Å². The van der Waals surface area contributed by atoms with Gasteiger partial charge in [0.1, 0.15) is 17.4 Å². The fourth-order valence-corrected chi connectivity index (χ4v) is 2.76. The Kier molecular flexibility index (Phi) is 5.67. The number of nitrogens with zero attached hydrogens (tertiary/aromatic N) is 1. The molecule has 1 aromatic heterocycles. The van der Waals surface area contributed by atoms with Gasteiger partial charge in [-0.3, -0.25) is 0 Å². The topological polar surface area (TPSA) is 87.3 Å². The summed E-state index contributed by atoms with van der Waals surface area (Å²) in [7, 11) is 0. The second-order valence-electron chi connectivity index (χ2n) is 6.97. The normalized spacial score (nSPS) is 21.5. The minimum Gasteiger partial charge on any atom is -0.449 e. The predicted octanol–water partition coefficient (Wildman–Crippen LogP) is 3.08. The molecule has 1 aliphatic carbocycles. The first kappa shape index (κ1) is 17.4. The molecule has 1 heterocycles. The van der Waals surface area contributed by atoms with Crippen LogP contribution in [0.3, 0.4) is 0 Å². The van der Waals surface area contributed by atoms with Gasteiger partial charge in [-0.1, -0.05) is 0 Å². The van der Waals surface area contributed by atoms with E-state index in [1.807, 2.05) is 32.9 Å². The third-order valence-electron chi connectivity index (χ3n) is 3.73. The van der Waals surface area contributed by atoms with Gasteiger partial charge in [0, 0.05) is 12.1 Å². The summed E-state index contributed by atoms with van der Waals surface area (Å²) in [6.07, 6.45) is 3.60. The van der Waals surface area contributed by atoms with Gasteiger partial charge in [-0.25, -0.2) is 4.79 Å². The third-order valence-corrected chi connectivity index (χ3v) is 3.73. The molecular weight excluding hydrogens is 294 g/mol. The van der Waals surface area contributed by atoms with Gasteiger partial charge in [0.2, 0.25) is 5.76 Å². The average molecular weight is 319 g/mol. The van der Waals surface area contributed by atoms with E-state index >= 15 is 0 Å². The smallest absolute Gasteiger partial charge is 0.407 e. The Bertz CT molecular complexity index is 568. The Balaban J connectivity index is 1.77. The number of rotatable bonds is 4. The van der Waals surface area contributed by atoms with Gasteiger partial charge in [-0.05, 0) is 58.6 Å². The summed E-state index contributed by atoms with van der Waals surface area (Å²) >= 11 is 0. The molecule has 1 aliphatic rings. The highest BCUT2D eigenvalue weighted by Crippen LogP contribution is 2.20. The molecule has 0 unspecified atom stereocenters. The van der Waals surface area contributed by atoms with Crippen LogP contribution in [0.5, 0.6) is 0 Å². The molecule has 2 N–H and O–H groups in total. The molecule has 0 radical (unpaired) electrons. The summed E-state index contributed by atoms with van der Waals surface area (Å²) in [4.78, 5) is 11.8. The van der Waals surface area contributed by atoms with Crippen molar-refractivity contribution in [2.75, 3.05) is 0 Å². The van der Waals surface area contributed by atoms with E-state index in [1.165, 1.54) is 0 Å². The Hall–Kier alpha value is -2.00. The van der Waals surface area contributed by atoms with Crippen molar-refractivity contribution >= 4 is 6.09 Å². The van der Waals surface area contributed by atoms with E-state index in [2.05, 4.69) is 10.6 Å². The van der Waals surface area contributed by atoms with Crippen molar-refractivity contribution in [2.24, 2.45) is 0 Å². The lowest BCUT2D eigenvalue weighted by atomic mass is 9.91. The van der Waals surface area contributed by atoms with E-state index < -0.39 is 5.60 Å². The molecule has 2 rings (SSSR count). The fourth-order valence-electron chi connectivity index (χ4n) is 2.76. The quantitative estimate of drug-likeness (QED) is 0.890. The summed E-state index contributed by atoms with van der Waals surface area (Å²) in [5.41, 5.74) is -0.478. The molecule has 23 heavy (non-hydrogen) atoms. The zero-order chi connectivity index (χ0) is 16.9. The van der Waals surface area contributed by atoms with Crippen molar-refractivity contribution in [3.8, 4) is 6.07 Å². The summed E-state index contributed by atoms with van der Waals surface area (Å²) in [5, 5.41) is 15.1. The molecule has 1 fully saturated rings. The van der Waals surface area contributed by atoms with Crippen molar-refractivity contribution < 1.29 is 13.9 Å². The van der Waals surface area contributed by atoms with Crippen LogP contribution < -0.4 is 10.6 Å². The van der Waals surface area contributed by atoms with E-state index in [0.29, 0.717) is 18.3 Å². The maximum Gasteiger partial charge on any atom is 0.407 e.